The lowest BCUT2D eigenvalue weighted by Gasteiger charge is -2.11. The summed E-state index contributed by atoms with van der Waals surface area (Å²) >= 11 is 3.29. The van der Waals surface area contributed by atoms with Crippen molar-refractivity contribution >= 4 is 35.7 Å². The third-order valence-corrected chi connectivity index (χ3v) is 3.91. The molecule has 0 aliphatic carbocycles. The quantitative estimate of drug-likeness (QED) is 0.854. The summed E-state index contributed by atoms with van der Waals surface area (Å²) in [5.74, 6) is -0.383. The zero-order chi connectivity index (χ0) is 11.8. The van der Waals surface area contributed by atoms with Crippen LogP contribution in [0.5, 0.6) is 5.75 Å². The summed E-state index contributed by atoms with van der Waals surface area (Å²) in [4.78, 5) is 0. The molecule has 0 saturated carbocycles. The minimum atomic E-state index is -3.66. The van der Waals surface area contributed by atoms with Gasteiger partial charge in [-0.25, -0.2) is 8.42 Å². The van der Waals surface area contributed by atoms with E-state index in [0.717, 1.165) is 4.47 Å². The fraction of sp³-hybridized carbons (Fsp3) is 0.333. The molecule has 1 aromatic carbocycles. The summed E-state index contributed by atoms with van der Waals surface area (Å²) < 4.78 is 22.7. The predicted molar refractivity (Wildman–Crippen MR) is 63.8 cm³/mol. The zero-order valence-electron chi connectivity index (χ0n) is 8.21. The molecule has 1 N–H and O–H groups in total. The largest absolute Gasteiger partial charge is 0.507 e. The van der Waals surface area contributed by atoms with Crippen LogP contribution < -0.4 is 0 Å². The highest BCUT2D eigenvalue weighted by Crippen LogP contribution is 2.33. The Morgan fingerprint density at radius 1 is 1.47 bits per heavy atom. The molecule has 0 unspecified atom stereocenters. The number of aromatic hydroxyl groups is 1. The summed E-state index contributed by atoms with van der Waals surface area (Å²) in [5, 5.41) is 9.72. The first-order valence-electron chi connectivity index (χ1n) is 4.12. The van der Waals surface area contributed by atoms with E-state index in [4.69, 9.17) is 10.7 Å². The Bertz CT molecular complexity index is 470. The van der Waals surface area contributed by atoms with Crippen LogP contribution in [-0.4, -0.2) is 13.5 Å². The summed E-state index contributed by atoms with van der Waals surface area (Å²) in [5.41, 5.74) is 1.64. The van der Waals surface area contributed by atoms with Gasteiger partial charge in [-0.3, -0.25) is 0 Å². The highest BCUT2D eigenvalue weighted by Gasteiger charge is 2.17. The summed E-state index contributed by atoms with van der Waals surface area (Å²) in [6.07, 6.45) is 0. The molecular formula is C9H10BrClO3S. The van der Waals surface area contributed by atoms with Crippen LogP contribution in [0.25, 0.3) is 0 Å². The van der Waals surface area contributed by atoms with E-state index in [9.17, 15) is 13.5 Å². The molecule has 0 fully saturated rings. The number of phenols is 1. The molecule has 3 nitrogen and oxygen atoms in total. The van der Waals surface area contributed by atoms with Gasteiger partial charge >= 0.3 is 0 Å². The first-order chi connectivity index (χ1) is 6.72. The second kappa shape index (κ2) is 4.31. The van der Waals surface area contributed by atoms with E-state index in [1.54, 1.807) is 19.9 Å². The summed E-state index contributed by atoms with van der Waals surface area (Å²) in [6.45, 7) is 3.42. The maximum absolute atomic E-state index is 11.0. The van der Waals surface area contributed by atoms with E-state index in [1.807, 2.05) is 0 Å². The molecule has 0 amide bonds. The highest BCUT2D eigenvalue weighted by atomic mass is 79.9. The molecular weight excluding hydrogens is 304 g/mol. The smallest absolute Gasteiger partial charge is 0.236 e. The van der Waals surface area contributed by atoms with Gasteiger partial charge in [-0.2, -0.15) is 0 Å². The molecule has 0 bridgehead atoms. The van der Waals surface area contributed by atoms with Crippen LogP contribution in [-0.2, 0) is 14.8 Å². The van der Waals surface area contributed by atoms with E-state index in [2.05, 4.69) is 15.9 Å². The lowest BCUT2D eigenvalue weighted by Crippen LogP contribution is -2.00. The topological polar surface area (TPSA) is 54.4 Å². The monoisotopic (exact) mass is 312 g/mol. The van der Waals surface area contributed by atoms with Gasteiger partial charge in [0, 0.05) is 20.7 Å². The zero-order valence-corrected chi connectivity index (χ0v) is 11.4. The molecule has 15 heavy (non-hydrogen) atoms. The van der Waals surface area contributed by atoms with Crippen LogP contribution >= 0.6 is 26.6 Å². The lowest BCUT2D eigenvalue weighted by atomic mass is 10.1. The number of rotatable bonds is 2. The Labute approximate surface area is 102 Å². The van der Waals surface area contributed by atoms with Gasteiger partial charge in [-0.1, -0.05) is 15.9 Å². The average Bonchev–Trinajstić information content (AvgIpc) is 2.08. The molecule has 0 aliphatic heterocycles. The van der Waals surface area contributed by atoms with Gasteiger partial charge < -0.3 is 5.11 Å². The molecule has 0 atom stereocenters. The average molecular weight is 314 g/mol. The maximum atomic E-state index is 11.0. The molecule has 1 rings (SSSR count). The van der Waals surface area contributed by atoms with Crippen LogP contribution in [0.1, 0.15) is 16.7 Å². The molecule has 0 radical (unpaired) electrons. The normalized spacial score (nSPS) is 11.7. The Morgan fingerprint density at radius 3 is 2.47 bits per heavy atom. The molecule has 0 spiro atoms. The van der Waals surface area contributed by atoms with Crippen molar-refractivity contribution in [3.8, 4) is 5.75 Å². The predicted octanol–water partition coefficient (Wildman–Crippen LogP) is 2.84. The Hall–Kier alpha value is -0.260. The van der Waals surface area contributed by atoms with Crippen molar-refractivity contribution in [3.63, 3.8) is 0 Å². The van der Waals surface area contributed by atoms with Crippen LogP contribution in [0.2, 0.25) is 0 Å². The molecule has 84 valence electrons. The lowest BCUT2D eigenvalue weighted by molar-refractivity contribution is 0.465. The van der Waals surface area contributed by atoms with Crippen molar-refractivity contribution in [2.24, 2.45) is 0 Å². The number of phenolic OH excluding ortho intramolecular Hbond substituents is 1. The number of halogens is 2. The Kier molecular flexibility index (Phi) is 3.68. The number of hydrogen-bond acceptors (Lipinski definition) is 3. The Balaban J connectivity index is 3.40. The second-order valence-electron chi connectivity index (χ2n) is 3.31. The number of aryl methyl sites for hydroxylation is 1. The van der Waals surface area contributed by atoms with E-state index >= 15 is 0 Å². The van der Waals surface area contributed by atoms with Gasteiger partial charge in [0.25, 0.3) is 0 Å². The van der Waals surface area contributed by atoms with Crippen molar-refractivity contribution in [3.05, 3.63) is 27.2 Å². The van der Waals surface area contributed by atoms with Gasteiger partial charge in [0.05, 0.1) is 5.75 Å². The van der Waals surface area contributed by atoms with Crippen LogP contribution in [0.15, 0.2) is 10.5 Å². The van der Waals surface area contributed by atoms with Crippen molar-refractivity contribution in [2.75, 3.05) is 0 Å². The highest BCUT2D eigenvalue weighted by molar-refractivity contribution is 9.10. The summed E-state index contributed by atoms with van der Waals surface area (Å²) in [7, 11) is 1.50. The molecule has 1 aromatic rings. The first kappa shape index (κ1) is 12.8. The standard InChI is InChI=1S/C9H10BrClO3S/c1-5-3-8(10)6(2)7(9(5)12)4-15(11,13)14/h3,12H,4H2,1-2H3. The van der Waals surface area contributed by atoms with E-state index in [-0.39, 0.29) is 11.5 Å². The van der Waals surface area contributed by atoms with Gasteiger partial charge in [0.1, 0.15) is 5.75 Å². The molecule has 0 aromatic heterocycles. The summed E-state index contributed by atoms with van der Waals surface area (Å²) in [6, 6.07) is 1.73. The van der Waals surface area contributed by atoms with E-state index in [0.29, 0.717) is 16.7 Å². The van der Waals surface area contributed by atoms with Gasteiger partial charge in [0.2, 0.25) is 9.05 Å². The van der Waals surface area contributed by atoms with E-state index < -0.39 is 9.05 Å². The SMILES string of the molecule is Cc1cc(Br)c(C)c(CS(=O)(=O)Cl)c1O. The fourth-order valence-corrected chi connectivity index (χ4v) is 2.88. The van der Waals surface area contributed by atoms with Crippen LogP contribution in [0, 0.1) is 13.8 Å². The third-order valence-electron chi connectivity index (χ3n) is 2.13. The minimum Gasteiger partial charge on any atom is -0.507 e. The minimum absolute atomic E-state index is 0.0140. The Morgan fingerprint density at radius 2 is 2.00 bits per heavy atom. The van der Waals surface area contributed by atoms with Crippen molar-refractivity contribution in [1.82, 2.24) is 0 Å². The molecule has 0 aliphatic rings. The number of hydrogen-bond donors (Lipinski definition) is 1. The maximum Gasteiger partial charge on any atom is 0.236 e. The van der Waals surface area contributed by atoms with Gasteiger partial charge in [-0.15, -0.1) is 0 Å². The third kappa shape index (κ3) is 3.09. The molecule has 6 heteroatoms. The fourth-order valence-electron chi connectivity index (χ4n) is 1.28. The van der Waals surface area contributed by atoms with Crippen molar-refractivity contribution in [2.45, 2.75) is 19.6 Å². The molecule has 0 heterocycles. The second-order valence-corrected chi connectivity index (χ2v) is 6.94. The van der Waals surface area contributed by atoms with Crippen LogP contribution in [0.3, 0.4) is 0 Å². The molecule has 0 saturated heterocycles. The first-order valence-corrected chi connectivity index (χ1v) is 7.39. The number of benzene rings is 1. The van der Waals surface area contributed by atoms with Gasteiger partial charge in [0.15, 0.2) is 0 Å². The van der Waals surface area contributed by atoms with Crippen molar-refractivity contribution < 1.29 is 13.5 Å². The van der Waals surface area contributed by atoms with Gasteiger partial charge in [-0.05, 0) is 31.0 Å². The van der Waals surface area contributed by atoms with E-state index in [1.165, 1.54) is 0 Å². The van der Waals surface area contributed by atoms with Crippen molar-refractivity contribution in [1.29, 1.82) is 0 Å². The van der Waals surface area contributed by atoms with Crippen LogP contribution in [0.4, 0.5) is 0 Å².